The van der Waals surface area contributed by atoms with E-state index in [2.05, 4.69) is 10.6 Å². The van der Waals surface area contributed by atoms with Gasteiger partial charge in [-0.1, -0.05) is 19.3 Å². The summed E-state index contributed by atoms with van der Waals surface area (Å²) in [6, 6.07) is 0.564. The number of nitrogens with one attached hydrogen (secondary N) is 2. The van der Waals surface area contributed by atoms with Gasteiger partial charge in [-0.25, -0.2) is 4.79 Å². The molecule has 0 heterocycles. The molecule has 2 fully saturated rings. The van der Waals surface area contributed by atoms with Crippen molar-refractivity contribution in [3.05, 3.63) is 0 Å². The van der Waals surface area contributed by atoms with Crippen LogP contribution in [0.25, 0.3) is 0 Å². The smallest absolute Gasteiger partial charge is 0.407 e. The fourth-order valence-electron chi connectivity index (χ4n) is 3.26. The maximum absolute atomic E-state index is 11.8. The average Bonchev–Trinajstić information content (AvgIpc) is 2.33. The molecular weight excluding hydrogens is 264 g/mol. The van der Waals surface area contributed by atoms with Crippen molar-refractivity contribution in [3.8, 4) is 0 Å². The van der Waals surface area contributed by atoms with E-state index in [1.165, 1.54) is 44.9 Å². The van der Waals surface area contributed by atoms with Crippen molar-refractivity contribution in [2.24, 2.45) is 11.8 Å². The van der Waals surface area contributed by atoms with Crippen LogP contribution in [0.15, 0.2) is 0 Å². The number of carbonyl (C=O) groups is 1. The van der Waals surface area contributed by atoms with E-state index in [0.717, 1.165) is 19.0 Å². The van der Waals surface area contributed by atoms with Crippen molar-refractivity contribution in [2.45, 2.75) is 77.4 Å². The van der Waals surface area contributed by atoms with Crippen LogP contribution in [-0.4, -0.2) is 30.8 Å². The summed E-state index contributed by atoms with van der Waals surface area (Å²) in [5.74, 6) is 1.44. The van der Waals surface area contributed by atoms with Crippen LogP contribution in [-0.2, 0) is 4.74 Å². The lowest BCUT2D eigenvalue weighted by Crippen LogP contribution is -2.46. The standard InChI is InChI=1S/C17H32N2O2/c1-17(2,3)21-16(20)19-12-14-9-4-5-10-15(14)18-11-13-7-6-8-13/h13-15,18H,4-12H2,1-3H3,(H,19,20). The minimum Gasteiger partial charge on any atom is -0.444 e. The molecule has 2 rings (SSSR count). The van der Waals surface area contributed by atoms with Gasteiger partial charge < -0.3 is 15.4 Å². The first-order chi connectivity index (χ1) is 9.94. The van der Waals surface area contributed by atoms with Gasteiger partial charge in [0.25, 0.3) is 0 Å². The number of alkyl carbamates (subject to hydrolysis) is 1. The monoisotopic (exact) mass is 296 g/mol. The molecule has 2 unspecified atom stereocenters. The topological polar surface area (TPSA) is 50.4 Å². The highest BCUT2D eigenvalue weighted by Crippen LogP contribution is 2.28. The SMILES string of the molecule is CC(C)(C)OC(=O)NCC1CCCCC1NCC1CCC1. The Bertz CT molecular complexity index is 334. The van der Waals surface area contributed by atoms with E-state index in [0.29, 0.717) is 12.0 Å². The van der Waals surface area contributed by atoms with Crippen molar-refractivity contribution >= 4 is 6.09 Å². The van der Waals surface area contributed by atoms with E-state index in [1.807, 2.05) is 20.8 Å². The van der Waals surface area contributed by atoms with E-state index in [4.69, 9.17) is 4.74 Å². The summed E-state index contributed by atoms with van der Waals surface area (Å²) in [5, 5.41) is 6.71. The molecule has 2 aliphatic rings. The molecule has 1 amide bonds. The molecule has 0 saturated heterocycles. The van der Waals surface area contributed by atoms with Gasteiger partial charge in [0, 0.05) is 12.6 Å². The quantitative estimate of drug-likeness (QED) is 0.817. The second kappa shape index (κ2) is 7.48. The highest BCUT2D eigenvalue weighted by molar-refractivity contribution is 5.67. The summed E-state index contributed by atoms with van der Waals surface area (Å²) in [6.07, 6.45) is 8.94. The fraction of sp³-hybridized carbons (Fsp3) is 0.941. The largest absolute Gasteiger partial charge is 0.444 e. The lowest BCUT2D eigenvalue weighted by atomic mass is 9.82. The Morgan fingerprint density at radius 1 is 1.05 bits per heavy atom. The van der Waals surface area contributed by atoms with Crippen LogP contribution in [0.3, 0.4) is 0 Å². The molecule has 0 spiro atoms. The molecule has 21 heavy (non-hydrogen) atoms. The third kappa shape index (κ3) is 5.85. The van der Waals surface area contributed by atoms with Gasteiger partial charge in [-0.2, -0.15) is 0 Å². The van der Waals surface area contributed by atoms with Crippen molar-refractivity contribution in [3.63, 3.8) is 0 Å². The summed E-state index contributed by atoms with van der Waals surface area (Å²) in [6.45, 7) is 7.59. The van der Waals surface area contributed by atoms with Crippen LogP contribution in [0.1, 0.15) is 65.7 Å². The van der Waals surface area contributed by atoms with Crippen LogP contribution in [0.4, 0.5) is 4.79 Å². The maximum atomic E-state index is 11.8. The molecule has 2 aliphatic carbocycles. The lowest BCUT2D eigenvalue weighted by molar-refractivity contribution is 0.0510. The zero-order chi connectivity index (χ0) is 15.3. The van der Waals surface area contributed by atoms with E-state index < -0.39 is 5.60 Å². The third-order valence-corrected chi connectivity index (χ3v) is 4.71. The normalized spacial score (nSPS) is 27.0. The predicted octanol–water partition coefficient (Wildman–Crippen LogP) is 3.46. The highest BCUT2D eigenvalue weighted by Gasteiger charge is 2.27. The van der Waals surface area contributed by atoms with Crippen molar-refractivity contribution < 1.29 is 9.53 Å². The van der Waals surface area contributed by atoms with Gasteiger partial charge in [0.15, 0.2) is 0 Å². The van der Waals surface area contributed by atoms with Gasteiger partial charge in [-0.05, 0) is 64.8 Å². The van der Waals surface area contributed by atoms with Crippen molar-refractivity contribution in [1.29, 1.82) is 0 Å². The van der Waals surface area contributed by atoms with E-state index >= 15 is 0 Å². The Labute approximate surface area is 129 Å². The van der Waals surface area contributed by atoms with Gasteiger partial charge in [-0.3, -0.25) is 0 Å². The summed E-state index contributed by atoms with van der Waals surface area (Å²) >= 11 is 0. The highest BCUT2D eigenvalue weighted by atomic mass is 16.6. The molecule has 2 saturated carbocycles. The molecule has 0 bridgehead atoms. The first kappa shape index (κ1) is 16.6. The fourth-order valence-corrected chi connectivity index (χ4v) is 3.26. The molecule has 122 valence electrons. The van der Waals surface area contributed by atoms with Crippen molar-refractivity contribution in [2.75, 3.05) is 13.1 Å². The average molecular weight is 296 g/mol. The van der Waals surface area contributed by atoms with Gasteiger partial charge in [-0.15, -0.1) is 0 Å². The Hall–Kier alpha value is -0.770. The van der Waals surface area contributed by atoms with E-state index in [9.17, 15) is 4.79 Å². The Kier molecular flexibility index (Phi) is 5.91. The maximum Gasteiger partial charge on any atom is 0.407 e. The van der Waals surface area contributed by atoms with Gasteiger partial charge >= 0.3 is 6.09 Å². The van der Waals surface area contributed by atoms with Gasteiger partial charge in [0.1, 0.15) is 5.60 Å². The summed E-state index contributed by atoms with van der Waals surface area (Å²) in [4.78, 5) is 11.8. The van der Waals surface area contributed by atoms with Gasteiger partial charge in [0.05, 0.1) is 0 Å². The molecule has 0 aromatic carbocycles. The number of ether oxygens (including phenoxy) is 1. The molecule has 4 heteroatoms. The molecule has 0 aromatic rings. The number of hydrogen-bond acceptors (Lipinski definition) is 3. The lowest BCUT2D eigenvalue weighted by Gasteiger charge is -2.35. The number of rotatable bonds is 5. The van der Waals surface area contributed by atoms with Crippen molar-refractivity contribution in [1.82, 2.24) is 10.6 Å². The molecule has 0 aromatic heterocycles. The Morgan fingerprint density at radius 2 is 1.76 bits per heavy atom. The minimum absolute atomic E-state index is 0.286. The number of hydrogen-bond donors (Lipinski definition) is 2. The summed E-state index contributed by atoms with van der Waals surface area (Å²) in [5.41, 5.74) is -0.418. The zero-order valence-corrected chi connectivity index (χ0v) is 13.9. The molecule has 0 aliphatic heterocycles. The minimum atomic E-state index is -0.418. The van der Waals surface area contributed by atoms with Crippen LogP contribution in [0, 0.1) is 11.8 Å². The molecule has 0 radical (unpaired) electrons. The first-order valence-electron chi connectivity index (χ1n) is 8.64. The molecular formula is C17H32N2O2. The second-order valence-corrected chi connectivity index (χ2v) is 7.74. The Morgan fingerprint density at radius 3 is 2.38 bits per heavy atom. The molecule has 4 nitrogen and oxygen atoms in total. The van der Waals surface area contributed by atoms with E-state index in [-0.39, 0.29) is 6.09 Å². The van der Waals surface area contributed by atoms with Crippen LogP contribution < -0.4 is 10.6 Å². The summed E-state index contributed by atoms with van der Waals surface area (Å²) < 4.78 is 5.32. The van der Waals surface area contributed by atoms with Crippen LogP contribution in [0.2, 0.25) is 0 Å². The first-order valence-corrected chi connectivity index (χ1v) is 8.64. The molecule has 2 atom stereocenters. The van der Waals surface area contributed by atoms with Crippen LogP contribution >= 0.6 is 0 Å². The third-order valence-electron chi connectivity index (χ3n) is 4.71. The second-order valence-electron chi connectivity index (χ2n) is 7.74. The van der Waals surface area contributed by atoms with Gasteiger partial charge in [0.2, 0.25) is 0 Å². The van der Waals surface area contributed by atoms with E-state index in [1.54, 1.807) is 0 Å². The number of amides is 1. The van der Waals surface area contributed by atoms with Crippen LogP contribution in [0.5, 0.6) is 0 Å². The summed E-state index contributed by atoms with van der Waals surface area (Å²) in [7, 11) is 0. The zero-order valence-electron chi connectivity index (χ0n) is 13.9. The Balaban J connectivity index is 1.71. The number of carbonyl (C=O) groups excluding carboxylic acids is 1. The predicted molar refractivity (Wildman–Crippen MR) is 85.3 cm³/mol. The molecule has 2 N–H and O–H groups in total.